The van der Waals surface area contributed by atoms with Crippen LogP contribution in [0.2, 0.25) is 0 Å². The number of benzene rings is 1. The molecule has 1 aromatic carbocycles. The Bertz CT molecular complexity index is 436. The standard InChI is InChI=1S/C17H25NO2S/c1-2-21-16-11-7-6-10-14(16)18-17(20)12-15(19)13-8-4-3-5-9-13/h3-5,8-9,14-16,19H,2,6-7,10-12H2,1H3,(H,18,20). The van der Waals surface area contributed by atoms with Gasteiger partial charge >= 0.3 is 0 Å². The number of aliphatic hydroxyl groups excluding tert-OH is 1. The molecule has 3 nitrogen and oxygen atoms in total. The minimum Gasteiger partial charge on any atom is -0.388 e. The van der Waals surface area contributed by atoms with Crippen molar-refractivity contribution in [2.75, 3.05) is 5.75 Å². The Morgan fingerprint density at radius 1 is 1.33 bits per heavy atom. The van der Waals surface area contributed by atoms with Gasteiger partial charge in [-0.3, -0.25) is 4.79 Å². The zero-order valence-corrected chi connectivity index (χ0v) is 13.4. The molecule has 2 N–H and O–H groups in total. The molecular formula is C17H25NO2S. The lowest BCUT2D eigenvalue weighted by molar-refractivity contribution is -0.123. The first-order valence-corrected chi connectivity index (χ1v) is 8.89. The lowest BCUT2D eigenvalue weighted by atomic mass is 9.94. The fraction of sp³-hybridized carbons (Fsp3) is 0.588. The summed E-state index contributed by atoms with van der Waals surface area (Å²) in [4.78, 5) is 12.2. The van der Waals surface area contributed by atoms with Crippen molar-refractivity contribution in [3.8, 4) is 0 Å². The normalized spacial score (nSPS) is 23.5. The number of carbonyl (C=O) groups excluding carboxylic acids is 1. The summed E-state index contributed by atoms with van der Waals surface area (Å²) in [5.41, 5.74) is 0.802. The fourth-order valence-electron chi connectivity index (χ4n) is 2.91. The van der Waals surface area contributed by atoms with E-state index in [0.29, 0.717) is 5.25 Å². The zero-order chi connectivity index (χ0) is 15.1. The molecule has 1 aromatic rings. The van der Waals surface area contributed by atoms with Crippen molar-refractivity contribution in [3.05, 3.63) is 35.9 Å². The lowest BCUT2D eigenvalue weighted by Crippen LogP contribution is -2.44. The smallest absolute Gasteiger partial charge is 0.223 e. The third kappa shape index (κ3) is 5.04. The molecule has 1 fully saturated rings. The topological polar surface area (TPSA) is 49.3 Å². The first-order chi connectivity index (χ1) is 10.2. The van der Waals surface area contributed by atoms with E-state index in [1.807, 2.05) is 42.1 Å². The number of nitrogens with one attached hydrogen (secondary N) is 1. The van der Waals surface area contributed by atoms with Crippen molar-refractivity contribution >= 4 is 17.7 Å². The lowest BCUT2D eigenvalue weighted by Gasteiger charge is -2.31. The summed E-state index contributed by atoms with van der Waals surface area (Å²) in [5, 5.41) is 13.8. The molecule has 0 bridgehead atoms. The van der Waals surface area contributed by atoms with Crippen molar-refractivity contribution in [1.82, 2.24) is 5.32 Å². The fourth-order valence-corrected chi connectivity index (χ4v) is 4.11. The van der Waals surface area contributed by atoms with Gasteiger partial charge in [-0.25, -0.2) is 0 Å². The van der Waals surface area contributed by atoms with Crippen molar-refractivity contribution in [2.45, 2.75) is 56.4 Å². The molecule has 0 aromatic heterocycles. The Morgan fingerprint density at radius 2 is 2.05 bits per heavy atom. The molecule has 0 heterocycles. The minimum absolute atomic E-state index is 0.0417. The van der Waals surface area contributed by atoms with E-state index in [2.05, 4.69) is 12.2 Å². The second-order valence-corrected chi connectivity index (χ2v) is 7.10. The van der Waals surface area contributed by atoms with Crippen LogP contribution < -0.4 is 5.32 Å². The van der Waals surface area contributed by atoms with Crippen molar-refractivity contribution < 1.29 is 9.90 Å². The molecule has 3 atom stereocenters. The third-order valence-corrected chi connectivity index (χ3v) is 5.32. The van der Waals surface area contributed by atoms with E-state index in [0.717, 1.165) is 17.7 Å². The summed E-state index contributed by atoms with van der Waals surface area (Å²) in [7, 11) is 0. The predicted octanol–water partition coefficient (Wildman–Crippen LogP) is 3.29. The van der Waals surface area contributed by atoms with Crippen molar-refractivity contribution in [2.24, 2.45) is 0 Å². The van der Waals surface area contributed by atoms with Crippen LogP contribution >= 0.6 is 11.8 Å². The quantitative estimate of drug-likeness (QED) is 0.848. The molecule has 1 amide bonds. The van der Waals surface area contributed by atoms with Crippen LogP contribution in [0.15, 0.2) is 30.3 Å². The Morgan fingerprint density at radius 3 is 2.76 bits per heavy atom. The maximum Gasteiger partial charge on any atom is 0.223 e. The summed E-state index contributed by atoms with van der Waals surface area (Å²) in [6.45, 7) is 2.16. The molecule has 1 aliphatic rings. The molecule has 116 valence electrons. The van der Waals surface area contributed by atoms with Gasteiger partial charge in [0.05, 0.1) is 12.5 Å². The van der Waals surface area contributed by atoms with E-state index in [1.165, 1.54) is 19.3 Å². The number of carbonyl (C=O) groups is 1. The first-order valence-electron chi connectivity index (χ1n) is 7.84. The van der Waals surface area contributed by atoms with Crippen LogP contribution in [-0.2, 0) is 4.79 Å². The second-order valence-electron chi connectivity index (χ2n) is 5.58. The number of hydrogen-bond acceptors (Lipinski definition) is 3. The van der Waals surface area contributed by atoms with Gasteiger partial charge in [-0.2, -0.15) is 11.8 Å². The van der Waals surface area contributed by atoms with Crippen LogP contribution in [0.25, 0.3) is 0 Å². The van der Waals surface area contributed by atoms with Gasteiger partial charge in [-0.15, -0.1) is 0 Å². The van der Waals surface area contributed by atoms with E-state index >= 15 is 0 Å². The molecule has 21 heavy (non-hydrogen) atoms. The van der Waals surface area contributed by atoms with Gasteiger partial charge in [0.15, 0.2) is 0 Å². The molecule has 0 aliphatic heterocycles. The largest absolute Gasteiger partial charge is 0.388 e. The summed E-state index contributed by atoms with van der Waals surface area (Å²) < 4.78 is 0. The van der Waals surface area contributed by atoms with Gasteiger partial charge in [0.2, 0.25) is 5.91 Å². The molecule has 1 aliphatic carbocycles. The van der Waals surface area contributed by atoms with Gasteiger partial charge in [0, 0.05) is 11.3 Å². The van der Waals surface area contributed by atoms with E-state index < -0.39 is 6.10 Å². The Hall–Kier alpha value is -1.00. The summed E-state index contributed by atoms with van der Waals surface area (Å²) in [6.07, 6.45) is 4.12. The zero-order valence-electron chi connectivity index (χ0n) is 12.6. The number of thioether (sulfide) groups is 1. The Labute approximate surface area is 131 Å². The van der Waals surface area contributed by atoms with Crippen LogP contribution in [0.5, 0.6) is 0 Å². The summed E-state index contributed by atoms with van der Waals surface area (Å²) in [6, 6.07) is 9.64. The van der Waals surface area contributed by atoms with Crippen LogP contribution in [0.4, 0.5) is 0 Å². The van der Waals surface area contributed by atoms with Crippen LogP contribution in [0, 0.1) is 0 Å². The molecule has 3 unspecified atom stereocenters. The molecule has 4 heteroatoms. The SMILES string of the molecule is CCSC1CCCCC1NC(=O)CC(O)c1ccccc1. The maximum atomic E-state index is 12.2. The van der Waals surface area contributed by atoms with Gasteiger partial charge < -0.3 is 10.4 Å². The molecule has 1 saturated carbocycles. The van der Waals surface area contributed by atoms with Crippen molar-refractivity contribution in [1.29, 1.82) is 0 Å². The highest BCUT2D eigenvalue weighted by molar-refractivity contribution is 7.99. The minimum atomic E-state index is -0.716. The van der Waals surface area contributed by atoms with Crippen LogP contribution in [-0.4, -0.2) is 28.1 Å². The number of aliphatic hydroxyl groups is 1. The van der Waals surface area contributed by atoms with Crippen molar-refractivity contribution in [3.63, 3.8) is 0 Å². The van der Waals surface area contributed by atoms with Gasteiger partial charge in [-0.1, -0.05) is 50.1 Å². The van der Waals surface area contributed by atoms with E-state index in [-0.39, 0.29) is 18.4 Å². The van der Waals surface area contributed by atoms with E-state index in [4.69, 9.17) is 0 Å². The molecule has 0 spiro atoms. The predicted molar refractivity (Wildman–Crippen MR) is 88.3 cm³/mol. The number of rotatable bonds is 6. The average Bonchev–Trinajstić information content (AvgIpc) is 2.50. The Kier molecular flexibility index (Phi) is 6.58. The second kappa shape index (κ2) is 8.44. The highest BCUT2D eigenvalue weighted by Crippen LogP contribution is 2.29. The Balaban J connectivity index is 1.85. The maximum absolute atomic E-state index is 12.2. The summed E-state index contributed by atoms with van der Waals surface area (Å²) in [5.74, 6) is 1.05. The molecule has 0 radical (unpaired) electrons. The van der Waals surface area contributed by atoms with Crippen LogP contribution in [0.1, 0.15) is 50.7 Å². The monoisotopic (exact) mass is 307 g/mol. The van der Waals surface area contributed by atoms with Gasteiger partial charge in [0.25, 0.3) is 0 Å². The van der Waals surface area contributed by atoms with Crippen LogP contribution in [0.3, 0.4) is 0 Å². The molecule has 2 rings (SSSR count). The molecule has 0 saturated heterocycles. The average molecular weight is 307 g/mol. The highest BCUT2D eigenvalue weighted by Gasteiger charge is 2.26. The number of hydrogen-bond donors (Lipinski definition) is 2. The van der Waals surface area contributed by atoms with Gasteiger partial charge in [0.1, 0.15) is 0 Å². The summed E-state index contributed by atoms with van der Waals surface area (Å²) >= 11 is 1.94. The molecular weight excluding hydrogens is 282 g/mol. The third-order valence-electron chi connectivity index (χ3n) is 3.99. The number of amides is 1. The highest BCUT2D eigenvalue weighted by atomic mass is 32.2. The van der Waals surface area contributed by atoms with E-state index in [9.17, 15) is 9.90 Å². The first kappa shape index (κ1) is 16.4. The van der Waals surface area contributed by atoms with E-state index in [1.54, 1.807) is 0 Å². The van der Waals surface area contributed by atoms with Gasteiger partial charge in [-0.05, 0) is 24.2 Å².